The van der Waals surface area contributed by atoms with Gasteiger partial charge >= 0.3 is 5.97 Å². The molecular weight excluding hydrogens is 356 g/mol. The van der Waals surface area contributed by atoms with Crippen LogP contribution in [0.3, 0.4) is 0 Å². The SMILES string of the molecule is Cc1cc(C(=O)OCC(=O)c2c(C)c(C)c(C)c(C)c2C)c2c(C)noc2n1. The van der Waals surface area contributed by atoms with Gasteiger partial charge in [-0.3, -0.25) is 4.79 Å². The molecule has 28 heavy (non-hydrogen) atoms. The summed E-state index contributed by atoms with van der Waals surface area (Å²) in [5, 5.41) is 4.37. The number of hydrogen-bond donors (Lipinski definition) is 0. The second kappa shape index (κ2) is 7.19. The lowest BCUT2D eigenvalue weighted by Crippen LogP contribution is -2.18. The van der Waals surface area contributed by atoms with Crippen LogP contribution in [0, 0.1) is 48.5 Å². The summed E-state index contributed by atoms with van der Waals surface area (Å²) in [6.45, 7) is 13.1. The zero-order valence-electron chi connectivity index (χ0n) is 17.3. The molecule has 3 rings (SSSR count). The number of pyridine rings is 1. The number of ether oxygens (including phenoxy) is 1. The predicted octanol–water partition coefficient (Wildman–Crippen LogP) is 4.42. The van der Waals surface area contributed by atoms with Crippen molar-refractivity contribution in [1.82, 2.24) is 10.1 Å². The standard InChI is InChI=1S/C22H24N2O4/c1-10-8-17(20-16(7)24-28-21(20)23-10)22(26)27-9-18(25)19-14(5)12(3)11(2)13(4)15(19)6/h8H,9H2,1-7H3. The molecule has 1 aromatic carbocycles. The van der Waals surface area contributed by atoms with Crippen LogP contribution in [-0.4, -0.2) is 28.5 Å². The van der Waals surface area contributed by atoms with Gasteiger partial charge in [-0.05, 0) is 82.3 Å². The third-order valence-corrected chi connectivity index (χ3v) is 5.58. The van der Waals surface area contributed by atoms with Gasteiger partial charge in [-0.25, -0.2) is 9.78 Å². The third-order valence-electron chi connectivity index (χ3n) is 5.58. The van der Waals surface area contributed by atoms with E-state index in [0.29, 0.717) is 27.9 Å². The Bertz CT molecular complexity index is 1100. The van der Waals surface area contributed by atoms with Crippen molar-refractivity contribution in [2.24, 2.45) is 0 Å². The number of carbonyl (C=O) groups is 2. The number of esters is 1. The molecule has 0 saturated carbocycles. The third kappa shape index (κ3) is 3.19. The molecule has 6 nitrogen and oxygen atoms in total. The van der Waals surface area contributed by atoms with Gasteiger partial charge in [-0.1, -0.05) is 5.16 Å². The lowest BCUT2D eigenvalue weighted by molar-refractivity contribution is 0.0476. The molecule has 0 bridgehead atoms. The molecule has 0 amide bonds. The maximum Gasteiger partial charge on any atom is 0.339 e. The van der Waals surface area contributed by atoms with Crippen molar-refractivity contribution in [1.29, 1.82) is 0 Å². The molecule has 2 aromatic heterocycles. The van der Waals surface area contributed by atoms with Gasteiger partial charge in [0.25, 0.3) is 5.71 Å². The fourth-order valence-corrected chi connectivity index (χ4v) is 3.58. The molecule has 0 radical (unpaired) electrons. The zero-order valence-corrected chi connectivity index (χ0v) is 17.3. The molecule has 0 spiro atoms. The van der Waals surface area contributed by atoms with Crippen LogP contribution in [0.1, 0.15) is 59.9 Å². The number of Topliss-reactive ketones (excluding diaryl/α,β-unsaturated/α-hetero) is 1. The Kier molecular flexibility index (Phi) is 5.06. The number of benzene rings is 1. The molecule has 0 aliphatic heterocycles. The highest BCUT2D eigenvalue weighted by Gasteiger charge is 2.22. The first-order valence-electron chi connectivity index (χ1n) is 9.14. The van der Waals surface area contributed by atoms with Gasteiger partial charge in [0.05, 0.1) is 16.6 Å². The van der Waals surface area contributed by atoms with Gasteiger partial charge in [-0.2, -0.15) is 0 Å². The lowest BCUT2D eigenvalue weighted by Gasteiger charge is -2.17. The minimum atomic E-state index is -0.592. The van der Waals surface area contributed by atoms with Gasteiger partial charge in [0.1, 0.15) is 0 Å². The van der Waals surface area contributed by atoms with Gasteiger partial charge in [0, 0.05) is 11.3 Å². The molecule has 0 fully saturated rings. The lowest BCUT2D eigenvalue weighted by atomic mass is 9.88. The topological polar surface area (TPSA) is 82.3 Å². The van der Waals surface area contributed by atoms with E-state index in [1.54, 1.807) is 19.9 Å². The number of aromatic nitrogens is 2. The van der Waals surface area contributed by atoms with Crippen molar-refractivity contribution in [3.05, 3.63) is 56.4 Å². The highest BCUT2D eigenvalue weighted by Crippen LogP contribution is 2.27. The van der Waals surface area contributed by atoms with Crippen LogP contribution in [0.4, 0.5) is 0 Å². The van der Waals surface area contributed by atoms with Gasteiger partial charge in [0.2, 0.25) is 5.78 Å². The van der Waals surface area contributed by atoms with Crippen LogP contribution >= 0.6 is 0 Å². The minimum absolute atomic E-state index is 0.210. The monoisotopic (exact) mass is 380 g/mol. The Hall–Kier alpha value is -3.02. The Morgan fingerprint density at radius 3 is 2.11 bits per heavy atom. The Balaban J connectivity index is 1.89. The van der Waals surface area contributed by atoms with E-state index in [1.165, 1.54) is 5.56 Å². The molecule has 0 saturated heterocycles. The van der Waals surface area contributed by atoms with E-state index < -0.39 is 5.97 Å². The Morgan fingerprint density at radius 2 is 1.50 bits per heavy atom. The van der Waals surface area contributed by atoms with Gasteiger partial charge in [0.15, 0.2) is 6.61 Å². The van der Waals surface area contributed by atoms with Gasteiger partial charge in [-0.15, -0.1) is 0 Å². The van der Waals surface area contributed by atoms with E-state index in [9.17, 15) is 9.59 Å². The molecular formula is C22H24N2O4. The number of rotatable bonds is 4. The molecule has 6 heteroatoms. The van der Waals surface area contributed by atoms with Crippen molar-refractivity contribution >= 4 is 22.9 Å². The Labute approximate surface area is 163 Å². The van der Waals surface area contributed by atoms with Crippen molar-refractivity contribution < 1.29 is 18.8 Å². The number of aryl methyl sites for hydroxylation is 2. The largest absolute Gasteiger partial charge is 0.454 e. The van der Waals surface area contributed by atoms with Crippen LogP contribution in [0.25, 0.3) is 11.1 Å². The summed E-state index contributed by atoms with van der Waals surface area (Å²) in [7, 11) is 0. The fraction of sp³-hybridized carbons (Fsp3) is 0.364. The maximum absolute atomic E-state index is 12.9. The predicted molar refractivity (Wildman–Crippen MR) is 106 cm³/mol. The van der Waals surface area contributed by atoms with Crippen molar-refractivity contribution in [2.75, 3.05) is 6.61 Å². The number of hydrogen-bond acceptors (Lipinski definition) is 6. The highest BCUT2D eigenvalue weighted by atomic mass is 16.5. The summed E-state index contributed by atoms with van der Waals surface area (Å²) in [4.78, 5) is 29.8. The van der Waals surface area contributed by atoms with Crippen LogP contribution in [-0.2, 0) is 4.74 Å². The second-order valence-corrected chi connectivity index (χ2v) is 7.26. The van der Waals surface area contributed by atoms with E-state index in [4.69, 9.17) is 9.26 Å². The average molecular weight is 380 g/mol. The van der Waals surface area contributed by atoms with Crippen molar-refractivity contribution in [2.45, 2.75) is 48.5 Å². The van der Waals surface area contributed by atoms with Crippen LogP contribution in [0.5, 0.6) is 0 Å². The molecule has 0 N–H and O–H groups in total. The smallest absolute Gasteiger partial charge is 0.339 e. The molecule has 0 atom stereocenters. The van der Waals surface area contributed by atoms with Crippen LogP contribution in [0.15, 0.2) is 10.6 Å². The first-order valence-corrected chi connectivity index (χ1v) is 9.14. The highest BCUT2D eigenvalue weighted by molar-refractivity contribution is 6.05. The molecule has 3 aromatic rings. The first kappa shape index (κ1) is 19.7. The van der Waals surface area contributed by atoms with Crippen LogP contribution < -0.4 is 0 Å². The van der Waals surface area contributed by atoms with Crippen molar-refractivity contribution in [3.63, 3.8) is 0 Å². The number of ketones is 1. The van der Waals surface area contributed by atoms with Crippen LogP contribution in [0.2, 0.25) is 0 Å². The minimum Gasteiger partial charge on any atom is -0.454 e. The summed E-state index contributed by atoms with van der Waals surface area (Å²) in [6.07, 6.45) is 0. The Morgan fingerprint density at radius 1 is 0.929 bits per heavy atom. The number of carbonyl (C=O) groups excluding carboxylic acids is 2. The average Bonchev–Trinajstić information content (AvgIpc) is 3.02. The second-order valence-electron chi connectivity index (χ2n) is 7.26. The molecule has 0 unspecified atom stereocenters. The van der Waals surface area contributed by atoms with E-state index >= 15 is 0 Å². The number of nitrogens with zero attached hydrogens (tertiary/aromatic N) is 2. The summed E-state index contributed by atoms with van der Waals surface area (Å²) in [5.74, 6) is -0.801. The zero-order chi connectivity index (χ0) is 20.7. The fourth-order valence-electron chi connectivity index (χ4n) is 3.58. The van der Waals surface area contributed by atoms with Gasteiger partial charge < -0.3 is 9.26 Å². The first-order chi connectivity index (χ1) is 13.1. The molecule has 0 aliphatic rings. The number of fused-ring (bicyclic) bond motifs is 1. The summed E-state index contributed by atoms with van der Waals surface area (Å²) < 4.78 is 10.5. The van der Waals surface area contributed by atoms with Crippen molar-refractivity contribution in [3.8, 4) is 0 Å². The van der Waals surface area contributed by atoms with E-state index in [1.807, 2.05) is 27.7 Å². The molecule has 146 valence electrons. The van der Waals surface area contributed by atoms with E-state index in [0.717, 1.165) is 22.3 Å². The van der Waals surface area contributed by atoms with E-state index in [-0.39, 0.29) is 18.1 Å². The molecule has 0 aliphatic carbocycles. The summed E-state index contributed by atoms with van der Waals surface area (Å²) >= 11 is 0. The van der Waals surface area contributed by atoms with E-state index in [2.05, 4.69) is 17.1 Å². The molecule has 2 heterocycles. The quantitative estimate of drug-likeness (QED) is 0.492. The summed E-state index contributed by atoms with van der Waals surface area (Å²) in [6, 6.07) is 1.62. The maximum atomic E-state index is 12.9. The summed E-state index contributed by atoms with van der Waals surface area (Å²) in [5.41, 5.74) is 7.60. The normalized spacial score (nSPS) is 11.1.